The van der Waals surface area contributed by atoms with Crippen LogP contribution in [-0.4, -0.2) is 5.84 Å². The van der Waals surface area contributed by atoms with Crippen LogP contribution < -0.4 is 10.5 Å². The highest BCUT2D eigenvalue weighted by molar-refractivity contribution is 9.10. The number of amidine groups is 1. The number of nitrogen functional groups attached to an aromatic ring is 1. The van der Waals surface area contributed by atoms with E-state index < -0.39 is 0 Å². The van der Waals surface area contributed by atoms with Gasteiger partial charge in [-0.15, -0.1) is 0 Å². The summed E-state index contributed by atoms with van der Waals surface area (Å²) in [7, 11) is 0. The normalized spacial score (nSPS) is 10.3. The Kier molecular flexibility index (Phi) is 4.34. The first-order valence-corrected chi connectivity index (χ1v) is 6.79. The minimum absolute atomic E-state index is 0.0473. The van der Waals surface area contributed by atoms with Crippen molar-refractivity contribution in [2.75, 3.05) is 0 Å². The van der Waals surface area contributed by atoms with E-state index in [9.17, 15) is 0 Å². The Morgan fingerprint density at radius 2 is 1.79 bits per heavy atom. The molecule has 0 unspecified atom stereocenters. The zero-order valence-electron chi connectivity index (χ0n) is 9.58. The summed E-state index contributed by atoms with van der Waals surface area (Å²) in [5.74, 6) is 0.897. The highest BCUT2D eigenvalue weighted by Crippen LogP contribution is 2.35. The van der Waals surface area contributed by atoms with Gasteiger partial charge in [0.25, 0.3) is 0 Å². The molecule has 0 amide bonds. The first kappa shape index (κ1) is 14.2. The van der Waals surface area contributed by atoms with E-state index in [1.54, 1.807) is 30.3 Å². The van der Waals surface area contributed by atoms with Gasteiger partial charge in [0.05, 0.1) is 10.0 Å². The van der Waals surface area contributed by atoms with Crippen molar-refractivity contribution < 1.29 is 4.74 Å². The molecule has 0 aliphatic rings. The minimum atomic E-state index is -0.0473. The topological polar surface area (TPSA) is 59.1 Å². The molecule has 0 radical (unpaired) electrons. The highest BCUT2D eigenvalue weighted by Gasteiger charge is 2.09. The first-order chi connectivity index (χ1) is 8.97. The molecular formula is C13H9BrCl2N2O. The predicted octanol–water partition coefficient (Wildman–Crippen LogP) is 4.83. The summed E-state index contributed by atoms with van der Waals surface area (Å²) in [6.07, 6.45) is 0. The van der Waals surface area contributed by atoms with Gasteiger partial charge in [-0.25, -0.2) is 0 Å². The van der Waals surface area contributed by atoms with E-state index in [0.717, 1.165) is 4.47 Å². The van der Waals surface area contributed by atoms with Crippen LogP contribution in [0.3, 0.4) is 0 Å². The lowest BCUT2D eigenvalue weighted by Crippen LogP contribution is -2.10. The lowest BCUT2D eigenvalue weighted by Gasteiger charge is -2.10. The fraction of sp³-hybridized carbons (Fsp3) is 0. The van der Waals surface area contributed by atoms with E-state index in [2.05, 4.69) is 15.9 Å². The number of hydrogen-bond donors (Lipinski definition) is 2. The number of hydrogen-bond acceptors (Lipinski definition) is 2. The molecule has 0 spiro atoms. The number of nitrogens with two attached hydrogens (primary N) is 1. The van der Waals surface area contributed by atoms with Crippen LogP contribution in [0.5, 0.6) is 11.5 Å². The van der Waals surface area contributed by atoms with Crippen LogP contribution in [0.25, 0.3) is 0 Å². The third-order valence-corrected chi connectivity index (χ3v) is 3.46. The van der Waals surface area contributed by atoms with Gasteiger partial charge in [0.15, 0.2) is 0 Å². The molecule has 0 saturated heterocycles. The molecule has 2 aromatic carbocycles. The summed E-state index contributed by atoms with van der Waals surface area (Å²) >= 11 is 15.5. The lowest BCUT2D eigenvalue weighted by atomic mass is 10.2. The zero-order chi connectivity index (χ0) is 14.0. The van der Waals surface area contributed by atoms with Gasteiger partial charge in [-0.2, -0.15) is 0 Å². The fourth-order valence-corrected chi connectivity index (χ4v) is 2.14. The highest BCUT2D eigenvalue weighted by atomic mass is 79.9. The third-order valence-electron chi connectivity index (χ3n) is 2.36. The average Bonchev–Trinajstić information content (AvgIpc) is 2.36. The zero-order valence-corrected chi connectivity index (χ0v) is 12.7. The molecule has 0 bridgehead atoms. The Morgan fingerprint density at radius 1 is 1.05 bits per heavy atom. The van der Waals surface area contributed by atoms with Crippen molar-refractivity contribution in [1.82, 2.24) is 0 Å². The molecule has 0 saturated carbocycles. The molecule has 98 valence electrons. The van der Waals surface area contributed by atoms with E-state index in [4.69, 9.17) is 39.1 Å². The second-order valence-electron chi connectivity index (χ2n) is 3.74. The van der Waals surface area contributed by atoms with Crippen LogP contribution in [0.4, 0.5) is 0 Å². The van der Waals surface area contributed by atoms with Crippen molar-refractivity contribution in [3.05, 3.63) is 56.5 Å². The Balaban J connectivity index is 2.33. The van der Waals surface area contributed by atoms with Gasteiger partial charge in [0.2, 0.25) is 0 Å². The van der Waals surface area contributed by atoms with Crippen LogP contribution >= 0.6 is 39.1 Å². The van der Waals surface area contributed by atoms with Crippen LogP contribution in [0.1, 0.15) is 5.56 Å². The van der Waals surface area contributed by atoms with Crippen molar-refractivity contribution in [2.24, 2.45) is 5.73 Å². The van der Waals surface area contributed by atoms with E-state index >= 15 is 0 Å². The molecule has 2 rings (SSSR count). The van der Waals surface area contributed by atoms with Crippen LogP contribution in [0.2, 0.25) is 10.0 Å². The number of nitrogens with one attached hydrogen (secondary N) is 1. The quantitative estimate of drug-likeness (QED) is 0.608. The third kappa shape index (κ3) is 3.41. The standard InChI is InChI=1S/C13H9BrCl2N2O/c14-8-2-3-9(15)12(6-8)19-11-4-1-7(13(17)18)5-10(11)16/h1-6H,(H3,17,18). The van der Waals surface area contributed by atoms with Crippen molar-refractivity contribution in [3.8, 4) is 11.5 Å². The van der Waals surface area contributed by atoms with Crippen LogP contribution in [-0.2, 0) is 0 Å². The van der Waals surface area contributed by atoms with Gasteiger partial charge in [-0.3, -0.25) is 5.41 Å². The maximum atomic E-state index is 7.34. The smallest absolute Gasteiger partial charge is 0.147 e. The summed E-state index contributed by atoms with van der Waals surface area (Å²) < 4.78 is 6.50. The number of benzene rings is 2. The molecule has 0 atom stereocenters. The summed E-state index contributed by atoms with van der Waals surface area (Å²) in [6, 6.07) is 10.2. The molecule has 2 aromatic rings. The summed E-state index contributed by atoms with van der Waals surface area (Å²) in [5.41, 5.74) is 5.93. The minimum Gasteiger partial charge on any atom is -0.454 e. The maximum Gasteiger partial charge on any atom is 0.147 e. The molecule has 3 N–H and O–H groups in total. The fourth-order valence-electron chi connectivity index (χ4n) is 1.43. The van der Waals surface area contributed by atoms with Crippen molar-refractivity contribution in [1.29, 1.82) is 5.41 Å². The Labute approximate surface area is 128 Å². The van der Waals surface area contributed by atoms with Gasteiger partial charge in [-0.1, -0.05) is 39.1 Å². The van der Waals surface area contributed by atoms with Gasteiger partial charge in [0, 0.05) is 10.0 Å². The van der Waals surface area contributed by atoms with E-state index in [1.165, 1.54) is 0 Å². The second-order valence-corrected chi connectivity index (χ2v) is 5.47. The van der Waals surface area contributed by atoms with E-state index in [-0.39, 0.29) is 5.84 Å². The van der Waals surface area contributed by atoms with Gasteiger partial charge in [-0.05, 0) is 36.4 Å². The second kappa shape index (κ2) is 5.82. The molecule has 3 nitrogen and oxygen atoms in total. The largest absolute Gasteiger partial charge is 0.454 e. The maximum absolute atomic E-state index is 7.34. The summed E-state index contributed by atoms with van der Waals surface area (Å²) in [4.78, 5) is 0. The molecule has 6 heteroatoms. The van der Waals surface area contributed by atoms with Crippen molar-refractivity contribution in [3.63, 3.8) is 0 Å². The van der Waals surface area contributed by atoms with E-state index in [0.29, 0.717) is 27.1 Å². The molecular weight excluding hydrogens is 351 g/mol. The molecule has 19 heavy (non-hydrogen) atoms. The lowest BCUT2D eigenvalue weighted by molar-refractivity contribution is 0.483. The summed E-state index contributed by atoms with van der Waals surface area (Å²) in [6.45, 7) is 0. The molecule has 0 heterocycles. The number of ether oxygens (including phenoxy) is 1. The van der Waals surface area contributed by atoms with Gasteiger partial charge >= 0.3 is 0 Å². The Morgan fingerprint density at radius 3 is 2.42 bits per heavy atom. The molecule has 0 aromatic heterocycles. The molecule has 0 aliphatic heterocycles. The van der Waals surface area contributed by atoms with E-state index in [1.807, 2.05) is 6.07 Å². The summed E-state index contributed by atoms with van der Waals surface area (Å²) in [5, 5.41) is 8.18. The Hall–Kier alpha value is -1.23. The van der Waals surface area contributed by atoms with Crippen molar-refractivity contribution in [2.45, 2.75) is 0 Å². The van der Waals surface area contributed by atoms with Gasteiger partial charge < -0.3 is 10.5 Å². The Bertz CT molecular complexity index is 647. The van der Waals surface area contributed by atoms with Crippen molar-refractivity contribution >= 4 is 45.0 Å². The predicted molar refractivity (Wildman–Crippen MR) is 81.7 cm³/mol. The monoisotopic (exact) mass is 358 g/mol. The molecule has 0 aliphatic carbocycles. The molecule has 0 fully saturated rings. The van der Waals surface area contributed by atoms with Crippen LogP contribution in [0, 0.1) is 5.41 Å². The van der Waals surface area contributed by atoms with Gasteiger partial charge in [0.1, 0.15) is 17.3 Å². The van der Waals surface area contributed by atoms with Crippen LogP contribution in [0.15, 0.2) is 40.9 Å². The number of halogens is 3. The first-order valence-electron chi connectivity index (χ1n) is 5.24. The SMILES string of the molecule is N=C(N)c1ccc(Oc2cc(Br)ccc2Cl)c(Cl)c1. The average molecular weight is 360 g/mol. The number of rotatable bonds is 3.